The van der Waals surface area contributed by atoms with Gasteiger partial charge in [0.1, 0.15) is 6.29 Å². The van der Waals surface area contributed by atoms with Crippen LogP contribution in [0.1, 0.15) is 51.4 Å². The molecule has 0 radical (unpaired) electrons. The van der Waals surface area contributed by atoms with Crippen LogP contribution in [0, 0.1) is 16.7 Å². The standard InChI is InChI=1S/C10H16O3.C9H14O4.C7H12O3.C3H5I/c1-3-4-10(9(11)12-2)5-7-13-8-6-10;1-12-8(11)9(2-5-10)3-6-13-7-4-9;1-9-7(8)6-2-4-10-5-3-6;1-2-3-4/h3H,1,4-8H2,2H3;5H,2-4,6-7H2,1H3;6H,2-5H2,1H3;2H,1,3H2. The van der Waals surface area contributed by atoms with Crippen molar-refractivity contribution in [1.29, 1.82) is 0 Å². The van der Waals surface area contributed by atoms with E-state index >= 15 is 0 Å². The van der Waals surface area contributed by atoms with Crippen LogP contribution >= 0.6 is 22.6 Å². The zero-order valence-corrected chi connectivity index (χ0v) is 26.4. The fourth-order valence-electron chi connectivity index (χ4n) is 4.48. The van der Waals surface area contributed by atoms with Gasteiger partial charge in [0.25, 0.3) is 0 Å². The highest BCUT2D eigenvalue weighted by Crippen LogP contribution is 2.36. The van der Waals surface area contributed by atoms with Gasteiger partial charge in [-0.05, 0) is 44.9 Å². The number of ether oxygens (including phenoxy) is 6. The Hall–Kier alpha value is -1.83. The number of hydrogen-bond donors (Lipinski definition) is 0. The molecule has 0 atom stereocenters. The van der Waals surface area contributed by atoms with E-state index in [0.717, 1.165) is 36.4 Å². The Labute approximate surface area is 252 Å². The molecule has 0 bridgehead atoms. The van der Waals surface area contributed by atoms with E-state index in [4.69, 9.17) is 23.7 Å². The lowest BCUT2D eigenvalue weighted by Gasteiger charge is -2.33. The first-order chi connectivity index (χ1) is 19.3. The van der Waals surface area contributed by atoms with Gasteiger partial charge in [0.05, 0.1) is 38.1 Å². The fraction of sp³-hybridized carbons (Fsp3) is 0.724. The topological polar surface area (TPSA) is 124 Å². The molecule has 0 aromatic rings. The van der Waals surface area contributed by atoms with Gasteiger partial charge < -0.3 is 33.2 Å². The van der Waals surface area contributed by atoms with Crippen LogP contribution in [0.4, 0.5) is 0 Å². The Morgan fingerprint density at radius 2 is 1.15 bits per heavy atom. The third-order valence-electron chi connectivity index (χ3n) is 7.01. The summed E-state index contributed by atoms with van der Waals surface area (Å²) in [7, 11) is 4.21. The van der Waals surface area contributed by atoms with Gasteiger partial charge in [-0.25, -0.2) is 0 Å². The van der Waals surface area contributed by atoms with E-state index in [0.29, 0.717) is 58.9 Å². The molecular weight excluding hydrogens is 635 g/mol. The number of rotatable bonds is 8. The van der Waals surface area contributed by atoms with Crippen LogP contribution in [0.5, 0.6) is 0 Å². The lowest BCUT2D eigenvalue weighted by atomic mass is 9.77. The molecule has 10 nitrogen and oxygen atoms in total. The number of alkyl halides is 1. The molecule has 0 aliphatic carbocycles. The van der Waals surface area contributed by atoms with Crippen molar-refractivity contribution in [2.24, 2.45) is 16.7 Å². The first-order valence-electron chi connectivity index (χ1n) is 13.5. The number of methoxy groups -OCH3 is 3. The molecule has 230 valence electrons. The van der Waals surface area contributed by atoms with E-state index in [1.54, 1.807) is 6.08 Å². The summed E-state index contributed by atoms with van der Waals surface area (Å²) in [6.45, 7) is 10.9. The number of aldehydes is 1. The first-order valence-corrected chi connectivity index (χ1v) is 15.0. The molecule has 3 saturated heterocycles. The number of carbonyl (C=O) groups excluding carboxylic acids is 4. The monoisotopic (exact) mass is 682 g/mol. The Balaban J connectivity index is 0.000000538. The van der Waals surface area contributed by atoms with Crippen molar-refractivity contribution in [3.05, 3.63) is 25.3 Å². The molecule has 40 heavy (non-hydrogen) atoms. The minimum absolute atomic E-state index is 0.0822. The van der Waals surface area contributed by atoms with Crippen molar-refractivity contribution in [3.8, 4) is 0 Å². The number of carbonyl (C=O) groups is 4. The third-order valence-corrected chi connectivity index (χ3v) is 7.63. The van der Waals surface area contributed by atoms with Crippen LogP contribution < -0.4 is 0 Å². The number of allylic oxidation sites excluding steroid dienone is 2. The normalized spacial score (nSPS) is 19.2. The maximum absolute atomic E-state index is 11.6. The highest BCUT2D eigenvalue weighted by Gasteiger charge is 2.41. The molecule has 3 rings (SSSR count). The Morgan fingerprint density at radius 3 is 1.48 bits per heavy atom. The third kappa shape index (κ3) is 13.7. The first kappa shape index (κ1) is 38.2. The summed E-state index contributed by atoms with van der Waals surface area (Å²) in [5.41, 5.74) is -0.983. The molecule has 11 heteroatoms. The summed E-state index contributed by atoms with van der Waals surface area (Å²) in [5.74, 6) is -0.430. The number of halogens is 1. The molecule has 0 unspecified atom stereocenters. The zero-order chi connectivity index (χ0) is 30.3. The van der Waals surface area contributed by atoms with Crippen LogP contribution in [-0.4, -0.2) is 89.6 Å². The maximum Gasteiger partial charge on any atom is 0.312 e. The SMILES string of the molecule is C=CCC1(C(=O)OC)CCOCC1.C=CCI.COC(=O)C1(CC=O)CCOCC1.COC(=O)C1CCOCC1. The van der Waals surface area contributed by atoms with Gasteiger partial charge in [-0.15, -0.1) is 13.2 Å². The Morgan fingerprint density at radius 1 is 0.750 bits per heavy atom. The van der Waals surface area contributed by atoms with Gasteiger partial charge in [0, 0.05) is 50.5 Å². The van der Waals surface area contributed by atoms with Crippen LogP contribution in [0.15, 0.2) is 25.3 Å². The van der Waals surface area contributed by atoms with Crippen LogP contribution in [0.2, 0.25) is 0 Å². The minimum atomic E-state index is -0.616. The van der Waals surface area contributed by atoms with Crippen molar-refractivity contribution < 1.29 is 47.6 Å². The fourth-order valence-corrected chi connectivity index (χ4v) is 4.48. The molecule has 0 saturated carbocycles. The van der Waals surface area contributed by atoms with Crippen molar-refractivity contribution in [1.82, 2.24) is 0 Å². The lowest BCUT2D eigenvalue weighted by molar-refractivity contribution is -0.160. The van der Waals surface area contributed by atoms with Crippen LogP contribution in [0.25, 0.3) is 0 Å². The second kappa shape index (κ2) is 22.8. The molecule has 0 spiro atoms. The summed E-state index contributed by atoms with van der Waals surface area (Å²) in [6.07, 6.45) is 9.62. The zero-order valence-electron chi connectivity index (χ0n) is 24.3. The molecule has 3 aliphatic heterocycles. The molecule has 0 amide bonds. The van der Waals surface area contributed by atoms with Gasteiger partial charge >= 0.3 is 17.9 Å². The van der Waals surface area contributed by atoms with Crippen LogP contribution in [-0.2, 0) is 47.6 Å². The average Bonchev–Trinajstić information content (AvgIpc) is 3.02. The van der Waals surface area contributed by atoms with E-state index < -0.39 is 5.41 Å². The van der Waals surface area contributed by atoms with Crippen molar-refractivity contribution >= 4 is 46.8 Å². The van der Waals surface area contributed by atoms with E-state index in [9.17, 15) is 19.2 Å². The van der Waals surface area contributed by atoms with E-state index in [1.165, 1.54) is 21.3 Å². The highest BCUT2D eigenvalue weighted by molar-refractivity contribution is 14.1. The van der Waals surface area contributed by atoms with Gasteiger partial charge in [-0.3, -0.25) is 14.4 Å². The summed E-state index contributed by atoms with van der Waals surface area (Å²) in [5, 5.41) is 0. The minimum Gasteiger partial charge on any atom is -0.469 e. The largest absolute Gasteiger partial charge is 0.469 e. The molecule has 0 aromatic heterocycles. The predicted molar refractivity (Wildman–Crippen MR) is 159 cm³/mol. The second-order valence-electron chi connectivity index (χ2n) is 9.48. The van der Waals surface area contributed by atoms with E-state index in [-0.39, 0.29) is 35.7 Å². The van der Waals surface area contributed by atoms with Crippen molar-refractivity contribution in [2.45, 2.75) is 51.4 Å². The summed E-state index contributed by atoms with van der Waals surface area (Å²) < 4.78 is 30.6. The molecule has 3 aliphatic rings. The van der Waals surface area contributed by atoms with Gasteiger partial charge in [0.15, 0.2) is 0 Å². The average molecular weight is 683 g/mol. The van der Waals surface area contributed by atoms with Crippen molar-refractivity contribution in [2.75, 3.05) is 65.4 Å². The Kier molecular flexibility index (Phi) is 21.8. The maximum atomic E-state index is 11.6. The molecular formula is C29H47IO10. The lowest BCUT2D eigenvalue weighted by Crippen LogP contribution is -2.38. The quantitative estimate of drug-likeness (QED) is 0.0916. The van der Waals surface area contributed by atoms with Gasteiger partial charge in [-0.2, -0.15) is 0 Å². The van der Waals surface area contributed by atoms with E-state index in [1.807, 2.05) is 6.08 Å². The number of hydrogen-bond acceptors (Lipinski definition) is 10. The highest BCUT2D eigenvalue weighted by atomic mass is 127. The molecule has 3 fully saturated rings. The molecule has 3 heterocycles. The van der Waals surface area contributed by atoms with E-state index in [2.05, 4.69) is 40.5 Å². The Bertz CT molecular complexity index is 708. The summed E-state index contributed by atoms with van der Waals surface area (Å²) >= 11 is 2.23. The number of esters is 3. The molecule has 0 aromatic carbocycles. The van der Waals surface area contributed by atoms with Crippen molar-refractivity contribution in [3.63, 3.8) is 0 Å². The summed E-state index contributed by atoms with van der Waals surface area (Å²) in [6, 6.07) is 0. The molecule has 0 N–H and O–H groups in total. The predicted octanol–water partition coefficient (Wildman–Crippen LogP) is 4.27. The summed E-state index contributed by atoms with van der Waals surface area (Å²) in [4.78, 5) is 44.3. The van der Waals surface area contributed by atoms with Crippen LogP contribution in [0.3, 0.4) is 0 Å². The van der Waals surface area contributed by atoms with Gasteiger partial charge in [0.2, 0.25) is 0 Å². The smallest absolute Gasteiger partial charge is 0.312 e. The van der Waals surface area contributed by atoms with Gasteiger partial charge in [-0.1, -0.05) is 34.7 Å². The second-order valence-corrected chi connectivity index (χ2v) is 10.4.